The third-order valence-electron chi connectivity index (χ3n) is 1.23. The van der Waals surface area contributed by atoms with Crippen molar-refractivity contribution in [3.05, 3.63) is 0 Å². The SMILES string of the molecule is CC(C)OCC(C)S(N)(=O)=O. The molecule has 0 bridgehead atoms. The summed E-state index contributed by atoms with van der Waals surface area (Å²) in [5.41, 5.74) is 0. The third kappa shape index (κ3) is 5.17. The minimum Gasteiger partial charge on any atom is -0.377 e. The minimum absolute atomic E-state index is 0.0409. The molecule has 0 aromatic carbocycles. The average molecular weight is 181 g/mol. The maximum atomic E-state index is 10.6. The molecule has 11 heavy (non-hydrogen) atoms. The number of hydrogen-bond donors (Lipinski definition) is 1. The van der Waals surface area contributed by atoms with Gasteiger partial charge in [-0.2, -0.15) is 0 Å². The highest BCUT2D eigenvalue weighted by Gasteiger charge is 2.15. The Morgan fingerprint density at radius 3 is 2.09 bits per heavy atom. The maximum Gasteiger partial charge on any atom is 0.213 e. The van der Waals surface area contributed by atoms with Gasteiger partial charge in [0.25, 0.3) is 0 Å². The third-order valence-corrected chi connectivity index (χ3v) is 2.48. The first kappa shape index (κ1) is 10.9. The van der Waals surface area contributed by atoms with Crippen LogP contribution in [0.4, 0.5) is 0 Å². The molecule has 4 nitrogen and oxygen atoms in total. The van der Waals surface area contributed by atoms with Crippen LogP contribution in [0, 0.1) is 0 Å². The van der Waals surface area contributed by atoms with Crippen molar-refractivity contribution < 1.29 is 13.2 Å². The highest BCUT2D eigenvalue weighted by molar-refractivity contribution is 7.89. The topological polar surface area (TPSA) is 69.4 Å². The fourth-order valence-corrected chi connectivity index (χ4v) is 0.691. The van der Waals surface area contributed by atoms with Gasteiger partial charge in [-0.25, -0.2) is 13.6 Å². The van der Waals surface area contributed by atoms with E-state index in [0.717, 1.165) is 0 Å². The zero-order valence-corrected chi connectivity index (χ0v) is 7.89. The first-order valence-corrected chi connectivity index (χ1v) is 5.08. The summed E-state index contributed by atoms with van der Waals surface area (Å²) < 4.78 is 26.4. The van der Waals surface area contributed by atoms with E-state index in [1.165, 1.54) is 6.92 Å². The van der Waals surface area contributed by atoms with Crippen LogP contribution in [0.1, 0.15) is 20.8 Å². The van der Waals surface area contributed by atoms with E-state index in [2.05, 4.69) is 0 Å². The number of ether oxygens (including phenoxy) is 1. The monoisotopic (exact) mass is 181 g/mol. The summed E-state index contributed by atoms with van der Waals surface area (Å²) >= 11 is 0. The van der Waals surface area contributed by atoms with E-state index in [1.54, 1.807) is 0 Å². The second kappa shape index (κ2) is 4.04. The summed E-state index contributed by atoms with van der Waals surface area (Å²) in [6.45, 7) is 5.37. The zero-order chi connectivity index (χ0) is 9.07. The van der Waals surface area contributed by atoms with Crippen LogP contribution >= 0.6 is 0 Å². The number of sulfonamides is 1. The Bertz CT molecular complexity index is 198. The van der Waals surface area contributed by atoms with Crippen molar-refractivity contribution in [2.45, 2.75) is 32.1 Å². The van der Waals surface area contributed by atoms with Crippen molar-refractivity contribution in [1.82, 2.24) is 0 Å². The van der Waals surface area contributed by atoms with Gasteiger partial charge in [0.2, 0.25) is 10.0 Å². The molecule has 0 radical (unpaired) electrons. The van der Waals surface area contributed by atoms with E-state index in [0.29, 0.717) is 0 Å². The summed E-state index contributed by atoms with van der Waals surface area (Å²) in [6.07, 6.45) is 0.0409. The minimum atomic E-state index is -3.42. The molecule has 0 amide bonds. The van der Waals surface area contributed by atoms with E-state index in [4.69, 9.17) is 9.88 Å². The van der Waals surface area contributed by atoms with Crippen molar-refractivity contribution >= 4 is 10.0 Å². The van der Waals surface area contributed by atoms with Crippen LogP contribution in [-0.4, -0.2) is 26.4 Å². The van der Waals surface area contributed by atoms with Gasteiger partial charge in [0.05, 0.1) is 18.0 Å². The lowest BCUT2D eigenvalue weighted by Gasteiger charge is -2.11. The van der Waals surface area contributed by atoms with Crippen LogP contribution < -0.4 is 5.14 Å². The molecular formula is C6H15NO3S. The molecule has 0 heterocycles. The van der Waals surface area contributed by atoms with Gasteiger partial charge in [0.15, 0.2) is 0 Å². The van der Waals surface area contributed by atoms with Crippen LogP contribution in [0.2, 0.25) is 0 Å². The molecule has 1 atom stereocenters. The highest BCUT2D eigenvalue weighted by Crippen LogP contribution is 1.97. The molecule has 0 fully saturated rings. The second-order valence-corrected chi connectivity index (χ2v) is 4.76. The number of nitrogens with two attached hydrogens (primary N) is 1. The predicted molar refractivity (Wildman–Crippen MR) is 43.7 cm³/mol. The van der Waals surface area contributed by atoms with E-state index < -0.39 is 15.3 Å². The maximum absolute atomic E-state index is 10.6. The molecule has 0 aromatic heterocycles. The second-order valence-electron chi connectivity index (χ2n) is 2.78. The van der Waals surface area contributed by atoms with E-state index >= 15 is 0 Å². The van der Waals surface area contributed by atoms with Crippen LogP contribution in [0.5, 0.6) is 0 Å². The lowest BCUT2D eigenvalue weighted by molar-refractivity contribution is 0.0807. The Hall–Kier alpha value is -0.130. The molecule has 0 aliphatic heterocycles. The molecular weight excluding hydrogens is 166 g/mol. The van der Waals surface area contributed by atoms with Gasteiger partial charge in [-0.3, -0.25) is 0 Å². The highest BCUT2D eigenvalue weighted by atomic mass is 32.2. The molecule has 0 aliphatic rings. The molecule has 0 rings (SSSR count). The fraction of sp³-hybridized carbons (Fsp3) is 1.00. The number of hydrogen-bond acceptors (Lipinski definition) is 3. The van der Waals surface area contributed by atoms with Crippen LogP contribution in [-0.2, 0) is 14.8 Å². The number of primary sulfonamides is 1. The van der Waals surface area contributed by atoms with Crippen molar-refractivity contribution in [1.29, 1.82) is 0 Å². The van der Waals surface area contributed by atoms with Crippen LogP contribution in [0.15, 0.2) is 0 Å². The lowest BCUT2D eigenvalue weighted by atomic mass is 10.4. The summed E-state index contributed by atoms with van der Waals surface area (Å²) in [5.74, 6) is 0. The van der Waals surface area contributed by atoms with E-state index in [9.17, 15) is 8.42 Å². The first-order chi connectivity index (χ1) is 4.84. The molecule has 0 saturated carbocycles. The van der Waals surface area contributed by atoms with Gasteiger partial charge < -0.3 is 4.74 Å². The smallest absolute Gasteiger partial charge is 0.213 e. The Morgan fingerprint density at radius 2 is 1.82 bits per heavy atom. The van der Waals surface area contributed by atoms with Crippen molar-refractivity contribution in [3.63, 3.8) is 0 Å². The molecule has 1 unspecified atom stereocenters. The summed E-state index contributed by atoms with van der Waals surface area (Å²) in [6, 6.07) is 0. The van der Waals surface area contributed by atoms with Gasteiger partial charge in [-0.1, -0.05) is 0 Å². The van der Waals surface area contributed by atoms with Crippen LogP contribution in [0.3, 0.4) is 0 Å². The lowest BCUT2D eigenvalue weighted by Crippen LogP contribution is -2.30. The Kier molecular flexibility index (Phi) is 3.99. The fourth-order valence-electron chi connectivity index (χ4n) is 0.423. The molecule has 0 aromatic rings. The van der Waals surface area contributed by atoms with E-state index in [-0.39, 0.29) is 12.7 Å². The molecule has 0 aliphatic carbocycles. The number of rotatable bonds is 4. The standard InChI is InChI=1S/C6H15NO3S/c1-5(2)10-4-6(3)11(7,8)9/h5-6H,4H2,1-3H3,(H2,7,8,9). The summed E-state index contributed by atoms with van der Waals surface area (Å²) in [5, 5.41) is 4.24. The zero-order valence-electron chi connectivity index (χ0n) is 7.07. The largest absolute Gasteiger partial charge is 0.377 e. The molecule has 0 saturated heterocycles. The van der Waals surface area contributed by atoms with Gasteiger partial charge in [0, 0.05) is 0 Å². The first-order valence-electron chi connectivity index (χ1n) is 3.47. The van der Waals surface area contributed by atoms with Crippen molar-refractivity contribution in [3.8, 4) is 0 Å². The Morgan fingerprint density at radius 1 is 1.36 bits per heavy atom. The summed E-state index contributed by atoms with van der Waals surface area (Å²) in [7, 11) is -3.42. The van der Waals surface area contributed by atoms with Gasteiger partial charge in [-0.05, 0) is 20.8 Å². The van der Waals surface area contributed by atoms with E-state index in [1.807, 2.05) is 13.8 Å². The Balaban J connectivity index is 3.81. The summed E-state index contributed by atoms with van der Waals surface area (Å²) in [4.78, 5) is 0. The Labute approximate surface area is 67.8 Å². The molecule has 5 heteroatoms. The van der Waals surface area contributed by atoms with Gasteiger partial charge in [-0.15, -0.1) is 0 Å². The predicted octanol–water partition coefficient (Wildman–Crippen LogP) is 0.0884. The quantitative estimate of drug-likeness (QED) is 0.668. The average Bonchev–Trinajstić information content (AvgIpc) is 1.80. The molecule has 0 spiro atoms. The van der Waals surface area contributed by atoms with Crippen LogP contribution in [0.25, 0.3) is 0 Å². The molecule has 68 valence electrons. The van der Waals surface area contributed by atoms with Crippen molar-refractivity contribution in [2.24, 2.45) is 5.14 Å². The van der Waals surface area contributed by atoms with Crippen molar-refractivity contribution in [2.75, 3.05) is 6.61 Å². The van der Waals surface area contributed by atoms with Gasteiger partial charge >= 0.3 is 0 Å². The normalized spacial score (nSPS) is 15.4. The van der Waals surface area contributed by atoms with Gasteiger partial charge in [0.1, 0.15) is 0 Å². The molecule has 2 N–H and O–H groups in total.